The van der Waals surface area contributed by atoms with Crippen molar-refractivity contribution in [2.75, 3.05) is 6.61 Å². The second kappa shape index (κ2) is 3.29. The molecule has 0 aromatic carbocycles. The maximum atomic E-state index is 10.4. The van der Waals surface area contributed by atoms with E-state index in [1.807, 2.05) is 6.92 Å². The monoisotopic (exact) mass is 261 g/mol. The van der Waals surface area contributed by atoms with Crippen LogP contribution in [0.5, 0.6) is 0 Å². The maximum Gasteiger partial charge on any atom is 0.154 e. The molecule has 2 rings (SSSR count). The Morgan fingerprint density at radius 1 is 1.71 bits per heavy atom. The van der Waals surface area contributed by atoms with Crippen LogP contribution >= 0.6 is 15.9 Å². The number of halogens is 1. The molecular formula is C8H12BrN3O2. The lowest BCUT2D eigenvalue weighted by Gasteiger charge is -2.25. The predicted molar refractivity (Wildman–Crippen MR) is 52.6 cm³/mol. The van der Waals surface area contributed by atoms with Crippen molar-refractivity contribution >= 4 is 15.9 Å². The number of aromatic nitrogens is 3. The zero-order valence-electron chi connectivity index (χ0n) is 8.07. The quantitative estimate of drug-likeness (QED) is 0.804. The average molecular weight is 262 g/mol. The molecule has 14 heavy (non-hydrogen) atoms. The molecule has 0 spiro atoms. The van der Waals surface area contributed by atoms with E-state index in [2.05, 4.69) is 26.2 Å². The first-order valence-electron chi connectivity index (χ1n) is 4.45. The third-order valence-electron chi connectivity index (χ3n) is 2.72. The van der Waals surface area contributed by atoms with Crippen LogP contribution in [0, 0.1) is 0 Å². The molecule has 0 saturated carbocycles. The average Bonchev–Trinajstić information content (AvgIpc) is 2.60. The van der Waals surface area contributed by atoms with Crippen LogP contribution in [0.25, 0.3) is 0 Å². The van der Waals surface area contributed by atoms with E-state index in [0.717, 1.165) is 0 Å². The summed E-state index contributed by atoms with van der Waals surface area (Å²) in [5, 5.41) is 18.1. The van der Waals surface area contributed by atoms with Crippen LogP contribution < -0.4 is 0 Å². The Morgan fingerprint density at radius 2 is 2.43 bits per heavy atom. The molecule has 6 heteroatoms. The van der Waals surface area contributed by atoms with Crippen molar-refractivity contribution in [2.45, 2.75) is 25.0 Å². The van der Waals surface area contributed by atoms with Gasteiger partial charge in [-0.3, -0.25) is 0 Å². The van der Waals surface area contributed by atoms with Gasteiger partial charge in [-0.2, -0.15) is 0 Å². The minimum atomic E-state index is -0.975. The standard InChI is InChI=1S/C8H12BrN3O2/c1-5-8(13,3-4-14-5)6-7(9)10-11-12(6)2/h5,13H,3-4H2,1-2H3. The Balaban J connectivity index is 2.47. The van der Waals surface area contributed by atoms with Gasteiger partial charge in [0.2, 0.25) is 0 Å². The molecule has 1 aliphatic heterocycles. The van der Waals surface area contributed by atoms with Gasteiger partial charge >= 0.3 is 0 Å². The molecule has 2 unspecified atom stereocenters. The Bertz CT molecular complexity index is 335. The van der Waals surface area contributed by atoms with Crippen molar-refractivity contribution < 1.29 is 9.84 Å². The Kier molecular flexibility index (Phi) is 2.36. The van der Waals surface area contributed by atoms with E-state index in [4.69, 9.17) is 4.74 Å². The summed E-state index contributed by atoms with van der Waals surface area (Å²) in [6.07, 6.45) is 0.351. The molecule has 78 valence electrons. The van der Waals surface area contributed by atoms with Gasteiger partial charge in [0.05, 0.1) is 12.7 Å². The third kappa shape index (κ3) is 1.29. The van der Waals surface area contributed by atoms with Gasteiger partial charge < -0.3 is 9.84 Å². The van der Waals surface area contributed by atoms with Crippen LogP contribution in [0.4, 0.5) is 0 Å². The highest BCUT2D eigenvalue weighted by Gasteiger charge is 2.45. The summed E-state index contributed by atoms with van der Waals surface area (Å²) >= 11 is 3.28. The summed E-state index contributed by atoms with van der Waals surface area (Å²) in [7, 11) is 1.76. The third-order valence-corrected chi connectivity index (χ3v) is 3.25. The first kappa shape index (κ1) is 10.1. The van der Waals surface area contributed by atoms with Crippen LogP contribution in [0.15, 0.2) is 4.60 Å². The lowest BCUT2D eigenvalue weighted by atomic mass is 9.93. The van der Waals surface area contributed by atoms with E-state index in [-0.39, 0.29) is 6.10 Å². The minimum absolute atomic E-state index is 0.226. The fraction of sp³-hybridized carbons (Fsp3) is 0.750. The summed E-state index contributed by atoms with van der Waals surface area (Å²) < 4.78 is 7.52. The molecule has 1 saturated heterocycles. The SMILES string of the molecule is CC1OCCC1(O)c1c(Br)nnn1C. The van der Waals surface area contributed by atoms with Gasteiger partial charge in [-0.05, 0) is 22.9 Å². The Labute approximate surface area is 90.2 Å². The van der Waals surface area contributed by atoms with Gasteiger partial charge in [0, 0.05) is 13.5 Å². The smallest absolute Gasteiger partial charge is 0.154 e. The highest BCUT2D eigenvalue weighted by atomic mass is 79.9. The molecule has 0 aliphatic carbocycles. The zero-order valence-corrected chi connectivity index (χ0v) is 9.65. The number of hydrogen-bond acceptors (Lipinski definition) is 4. The van der Waals surface area contributed by atoms with Crippen molar-refractivity contribution in [3.63, 3.8) is 0 Å². The normalized spacial score (nSPS) is 32.4. The first-order chi connectivity index (χ1) is 6.55. The summed E-state index contributed by atoms with van der Waals surface area (Å²) in [5.41, 5.74) is -0.292. The van der Waals surface area contributed by atoms with Crippen LogP contribution in [-0.2, 0) is 17.4 Å². The van der Waals surface area contributed by atoms with E-state index in [1.165, 1.54) is 0 Å². The van der Waals surface area contributed by atoms with Gasteiger partial charge in [-0.1, -0.05) is 5.21 Å². The topological polar surface area (TPSA) is 60.2 Å². The zero-order chi connectivity index (χ0) is 10.3. The minimum Gasteiger partial charge on any atom is -0.381 e. The number of ether oxygens (including phenoxy) is 1. The summed E-state index contributed by atoms with van der Waals surface area (Å²) in [6, 6.07) is 0. The lowest BCUT2D eigenvalue weighted by Crippen LogP contribution is -2.35. The largest absolute Gasteiger partial charge is 0.381 e. The van der Waals surface area contributed by atoms with E-state index in [0.29, 0.717) is 23.3 Å². The van der Waals surface area contributed by atoms with Crippen molar-refractivity contribution in [1.82, 2.24) is 15.0 Å². The van der Waals surface area contributed by atoms with Gasteiger partial charge in [0.15, 0.2) is 4.60 Å². The number of hydrogen-bond donors (Lipinski definition) is 1. The number of nitrogens with zero attached hydrogens (tertiary/aromatic N) is 3. The number of rotatable bonds is 1. The van der Waals surface area contributed by atoms with Gasteiger partial charge in [0.1, 0.15) is 11.3 Å². The number of aryl methyl sites for hydroxylation is 1. The molecule has 1 N–H and O–H groups in total. The van der Waals surface area contributed by atoms with Crippen molar-refractivity contribution in [3.05, 3.63) is 10.3 Å². The molecule has 1 aliphatic rings. The molecule has 1 aromatic rings. The lowest BCUT2D eigenvalue weighted by molar-refractivity contribution is -0.0377. The van der Waals surface area contributed by atoms with Gasteiger partial charge in [0.25, 0.3) is 0 Å². The summed E-state index contributed by atoms with van der Waals surface area (Å²) in [5.74, 6) is 0. The molecular weight excluding hydrogens is 250 g/mol. The highest BCUT2D eigenvalue weighted by molar-refractivity contribution is 9.10. The second-order valence-electron chi connectivity index (χ2n) is 3.54. The summed E-state index contributed by atoms with van der Waals surface area (Å²) in [6.45, 7) is 2.42. The van der Waals surface area contributed by atoms with E-state index in [9.17, 15) is 5.11 Å². The first-order valence-corrected chi connectivity index (χ1v) is 5.24. The summed E-state index contributed by atoms with van der Waals surface area (Å²) in [4.78, 5) is 0. The van der Waals surface area contributed by atoms with E-state index >= 15 is 0 Å². The molecule has 1 aromatic heterocycles. The number of aliphatic hydroxyl groups is 1. The van der Waals surface area contributed by atoms with Crippen LogP contribution in [0.2, 0.25) is 0 Å². The van der Waals surface area contributed by atoms with E-state index in [1.54, 1.807) is 11.7 Å². The van der Waals surface area contributed by atoms with Crippen molar-refractivity contribution in [3.8, 4) is 0 Å². The molecule has 5 nitrogen and oxygen atoms in total. The highest BCUT2D eigenvalue weighted by Crippen LogP contribution is 2.38. The predicted octanol–water partition coefficient (Wildman–Crippen LogP) is 0.574. The van der Waals surface area contributed by atoms with Crippen LogP contribution in [0.3, 0.4) is 0 Å². The maximum absolute atomic E-state index is 10.4. The van der Waals surface area contributed by atoms with Crippen molar-refractivity contribution in [2.24, 2.45) is 7.05 Å². The molecule has 2 atom stereocenters. The van der Waals surface area contributed by atoms with E-state index < -0.39 is 5.60 Å². The van der Waals surface area contributed by atoms with Crippen LogP contribution in [0.1, 0.15) is 19.0 Å². The Hall–Kier alpha value is -0.460. The van der Waals surface area contributed by atoms with Gasteiger partial charge in [-0.25, -0.2) is 4.68 Å². The molecule has 0 bridgehead atoms. The second-order valence-corrected chi connectivity index (χ2v) is 4.29. The molecule has 1 fully saturated rings. The fourth-order valence-electron chi connectivity index (χ4n) is 1.83. The molecule has 2 heterocycles. The molecule has 0 radical (unpaired) electrons. The molecule has 0 amide bonds. The van der Waals surface area contributed by atoms with Crippen molar-refractivity contribution in [1.29, 1.82) is 0 Å². The van der Waals surface area contributed by atoms with Crippen LogP contribution in [-0.4, -0.2) is 32.8 Å². The fourth-order valence-corrected chi connectivity index (χ4v) is 2.50. The van der Waals surface area contributed by atoms with Gasteiger partial charge in [-0.15, -0.1) is 5.10 Å². The Morgan fingerprint density at radius 3 is 2.86 bits per heavy atom.